The fraction of sp³-hybridized carbons (Fsp3) is 0.267. The van der Waals surface area contributed by atoms with Gasteiger partial charge in [-0.2, -0.15) is 0 Å². The Hall–Kier alpha value is -4.97. The molecule has 50 heavy (non-hydrogen) atoms. The lowest BCUT2D eigenvalue weighted by Crippen LogP contribution is -2.27. The second-order valence-corrected chi connectivity index (χ2v) is 12.6. The molecule has 5 aromatic rings. The number of fused-ring (bicyclic) bond motifs is 2. The van der Waals surface area contributed by atoms with Gasteiger partial charge in [-0.15, -0.1) is 0 Å². The summed E-state index contributed by atoms with van der Waals surface area (Å²) in [4.78, 5) is 12.2. The van der Waals surface area contributed by atoms with Gasteiger partial charge in [-0.05, 0) is 94.8 Å². The van der Waals surface area contributed by atoms with Gasteiger partial charge in [0.1, 0.15) is 18.5 Å². The highest BCUT2D eigenvalue weighted by atomic mass is 16.6. The Kier molecular flexibility index (Phi) is 12.3. The van der Waals surface area contributed by atoms with E-state index in [1.165, 1.54) is 51.6 Å². The van der Waals surface area contributed by atoms with Gasteiger partial charge in [0, 0.05) is 13.5 Å². The summed E-state index contributed by atoms with van der Waals surface area (Å²) in [6.45, 7) is 2.94. The minimum atomic E-state index is -0.632. The lowest BCUT2D eigenvalue weighted by atomic mass is 9.90. The summed E-state index contributed by atoms with van der Waals surface area (Å²) in [5, 5.41) is 0. The molecule has 5 nitrogen and oxygen atoms in total. The van der Waals surface area contributed by atoms with Crippen molar-refractivity contribution in [2.75, 3.05) is 26.9 Å². The predicted molar refractivity (Wildman–Crippen MR) is 200 cm³/mol. The Bertz CT molecular complexity index is 1840. The van der Waals surface area contributed by atoms with Crippen LogP contribution in [0, 0.1) is 0 Å². The maximum absolute atomic E-state index is 12.2. The Morgan fingerprint density at radius 3 is 2.04 bits per heavy atom. The van der Waals surface area contributed by atoms with E-state index in [9.17, 15) is 4.79 Å². The highest BCUT2D eigenvalue weighted by molar-refractivity contribution is 5.78. The van der Waals surface area contributed by atoms with Gasteiger partial charge >= 0.3 is 5.97 Å². The van der Waals surface area contributed by atoms with Crippen LogP contribution in [0.3, 0.4) is 0 Å². The van der Waals surface area contributed by atoms with E-state index >= 15 is 0 Å². The van der Waals surface area contributed by atoms with E-state index in [0.29, 0.717) is 26.2 Å². The molecule has 5 aromatic carbocycles. The highest BCUT2D eigenvalue weighted by Gasteiger charge is 2.24. The number of aryl methyl sites for hydroxylation is 4. The van der Waals surface area contributed by atoms with Crippen molar-refractivity contribution in [3.8, 4) is 5.75 Å². The van der Waals surface area contributed by atoms with Crippen LogP contribution >= 0.6 is 0 Å². The number of methoxy groups -OCH3 is 1. The second kappa shape index (κ2) is 17.6. The summed E-state index contributed by atoms with van der Waals surface area (Å²) in [7, 11) is 1.53. The van der Waals surface area contributed by atoms with Crippen molar-refractivity contribution in [1.29, 1.82) is 0 Å². The first-order valence-electron chi connectivity index (χ1n) is 17.6. The Morgan fingerprint density at radius 2 is 1.34 bits per heavy atom. The first kappa shape index (κ1) is 34.9. The lowest BCUT2D eigenvalue weighted by molar-refractivity contribution is -0.154. The van der Waals surface area contributed by atoms with Crippen molar-refractivity contribution in [2.45, 2.75) is 51.2 Å². The second-order valence-electron chi connectivity index (χ2n) is 12.6. The molecule has 2 atom stereocenters. The maximum Gasteiger partial charge on any atom is 0.335 e. The zero-order valence-corrected chi connectivity index (χ0v) is 29.1. The number of carbonyl (C=O) groups is 1. The van der Waals surface area contributed by atoms with E-state index in [-0.39, 0.29) is 12.1 Å². The summed E-state index contributed by atoms with van der Waals surface area (Å²) >= 11 is 0. The van der Waals surface area contributed by atoms with E-state index in [1.54, 1.807) is 6.92 Å². The number of hydrogen-bond acceptors (Lipinski definition) is 5. The largest absolute Gasteiger partial charge is 0.491 e. The van der Waals surface area contributed by atoms with Gasteiger partial charge in [0.15, 0.2) is 6.10 Å². The molecular formula is C45H46O5. The molecule has 1 aliphatic rings. The maximum atomic E-state index is 12.2. The molecule has 0 aromatic heterocycles. The van der Waals surface area contributed by atoms with Crippen LogP contribution in [0.4, 0.5) is 0 Å². The number of esters is 1. The van der Waals surface area contributed by atoms with Crippen LogP contribution in [0.25, 0.3) is 12.2 Å². The quantitative estimate of drug-likeness (QED) is 0.0777. The molecule has 0 spiro atoms. The molecule has 0 N–H and O–H groups in total. The van der Waals surface area contributed by atoms with Crippen LogP contribution in [0.15, 0.2) is 121 Å². The number of benzene rings is 5. The van der Waals surface area contributed by atoms with Crippen molar-refractivity contribution in [1.82, 2.24) is 0 Å². The number of hydrogen-bond donors (Lipinski definition) is 0. The van der Waals surface area contributed by atoms with Crippen LogP contribution < -0.4 is 4.74 Å². The minimum Gasteiger partial charge on any atom is -0.491 e. The van der Waals surface area contributed by atoms with E-state index in [1.807, 2.05) is 24.3 Å². The smallest absolute Gasteiger partial charge is 0.335 e. The Labute approximate surface area is 296 Å². The van der Waals surface area contributed by atoms with Gasteiger partial charge in [-0.25, -0.2) is 4.79 Å². The normalized spacial score (nSPS) is 13.9. The average Bonchev–Trinajstić information content (AvgIpc) is 3.32. The Morgan fingerprint density at radius 1 is 0.660 bits per heavy atom. The molecule has 2 unspecified atom stereocenters. The standard InChI is InChI=1S/C45H46O5/c1-3-48-45(46)43(47-2)32-36-21-26-39(27-22-36)49-29-30-50-44-41-16-10-15-37(23-19-34-13-8-5-9-14-34)40(41)28-25-38-24-20-35(31-42(38)44)18-17-33-11-6-4-7-12-33/h4-16,20-22,24-28,31,43-44H,3,17-19,23,29-30,32H2,1-2H3. The van der Waals surface area contributed by atoms with Crippen LogP contribution in [0.1, 0.15) is 63.1 Å². The third-order valence-corrected chi connectivity index (χ3v) is 9.26. The van der Waals surface area contributed by atoms with Gasteiger partial charge in [0.2, 0.25) is 0 Å². The van der Waals surface area contributed by atoms with E-state index in [2.05, 4.69) is 109 Å². The zero-order valence-electron chi connectivity index (χ0n) is 29.1. The molecular weight excluding hydrogens is 620 g/mol. The van der Waals surface area contributed by atoms with Gasteiger partial charge in [0.25, 0.3) is 0 Å². The first-order chi connectivity index (χ1) is 24.6. The van der Waals surface area contributed by atoms with Crippen LogP contribution in [-0.2, 0) is 51.1 Å². The molecule has 0 heterocycles. The Balaban J connectivity index is 1.18. The van der Waals surface area contributed by atoms with Crippen molar-refractivity contribution in [3.05, 3.63) is 171 Å². The van der Waals surface area contributed by atoms with E-state index < -0.39 is 6.10 Å². The topological polar surface area (TPSA) is 54.0 Å². The third kappa shape index (κ3) is 9.17. The van der Waals surface area contributed by atoms with Crippen molar-refractivity contribution in [3.63, 3.8) is 0 Å². The minimum absolute atomic E-state index is 0.233. The number of rotatable bonds is 16. The third-order valence-electron chi connectivity index (χ3n) is 9.26. The molecule has 256 valence electrons. The number of carbonyl (C=O) groups excluding carboxylic acids is 1. The first-order valence-corrected chi connectivity index (χ1v) is 17.6. The van der Waals surface area contributed by atoms with Crippen molar-refractivity contribution in [2.24, 2.45) is 0 Å². The monoisotopic (exact) mass is 666 g/mol. The highest BCUT2D eigenvalue weighted by Crippen LogP contribution is 2.38. The molecule has 0 aliphatic heterocycles. The fourth-order valence-electron chi connectivity index (χ4n) is 6.58. The SMILES string of the molecule is CCOC(=O)C(Cc1ccc(OCCOC2c3cc(CCc4ccccc4)ccc3C=Cc3c(CCc4ccccc4)cccc32)cc1)OC. The lowest BCUT2D eigenvalue weighted by Gasteiger charge is -2.23. The molecule has 0 fully saturated rings. The molecule has 0 saturated carbocycles. The van der Waals surface area contributed by atoms with Crippen molar-refractivity contribution < 1.29 is 23.7 Å². The van der Waals surface area contributed by atoms with Crippen molar-refractivity contribution >= 4 is 18.1 Å². The molecule has 0 bridgehead atoms. The summed E-state index contributed by atoms with van der Waals surface area (Å²) in [6.07, 6.45) is 7.98. The average molecular weight is 667 g/mol. The van der Waals surface area contributed by atoms with Gasteiger partial charge in [-0.1, -0.05) is 121 Å². The van der Waals surface area contributed by atoms with Gasteiger partial charge < -0.3 is 18.9 Å². The molecule has 6 rings (SSSR count). The summed E-state index contributed by atoms with van der Waals surface area (Å²) in [5.74, 6) is 0.396. The molecule has 1 aliphatic carbocycles. The molecule has 0 saturated heterocycles. The van der Waals surface area contributed by atoms with Crippen LogP contribution in [0.2, 0.25) is 0 Å². The zero-order chi connectivity index (χ0) is 34.5. The van der Waals surface area contributed by atoms with Gasteiger partial charge in [-0.3, -0.25) is 0 Å². The summed E-state index contributed by atoms with van der Waals surface area (Å²) in [6, 6.07) is 42.6. The predicted octanol–water partition coefficient (Wildman–Crippen LogP) is 9.05. The molecule has 0 amide bonds. The summed E-state index contributed by atoms with van der Waals surface area (Å²) < 4.78 is 23.4. The number of ether oxygens (including phenoxy) is 4. The summed E-state index contributed by atoms with van der Waals surface area (Å²) in [5.41, 5.74) is 11.1. The molecule has 0 radical (unpaired) electrons. The van der Waals surface area contributed by atoms with Crippen LogP contribution in [0.5, 0.6) is 5.75 Å². The van der Waals surface area contributed by atoms with E-state index in [4.69, 9.17) is 18.9 Å². The van der Waals surface area contributed by atoms with Crippen LogP contribution in [-0.4, -0.2) is 39.0 Å². The van der Waals surface area contributed by atoms with E-state index in [0.717, 1.165) is 37.0 Å². The molecule has 5 heteroatoms. The fourth-order valence-corrected chi connectivity index (χ4v) is 6.58. The van der Waals surface area contributed by atoms with Gasteiger partial charge in [0.05, 0.1) is 13.2 Å².